The predicted octanol–water partition coefficient (Wildman–Crippen LogP) is 4.40. The van der Waals surface area contributed by atoms with Crippen molar-refractivity contribution in [1.82, 2.24) is 0 Å². The maximum Gasteiger partial charge on any atom is 0.231 e. The minimum atomic E-state index is 0.237. The van der Waals surface area contributed by atoms with Gasteiger partial charge < -0.3 is 14.8 Å². The summed E-state index contributed by atoms with van der Waals surface area (Å²) in [5.41, 5.74) is 2.18. The molecule has 0 aliphatic carbocycles. The summed E-state index contributed by atoms with van der Waals surface area (Å²) in [7, 11) is 0. The second-order valence-electron chi connectivity index (χ2n) is 4.37. The van der Waals surface area contributed by atoms with E-state index in [-0.39, 0.29) is 6.79 Å². The van der Waals surface area contributed by atoms with Gasteiger partial charge in [-0.15, -0.1) is 11.8 Å². The number of hydrogen-bond acceptors (Lipinski definition) is 4. The first-order chi connectivity index (χ1) is 9.78. The number of benzene rings is 2. The van der Waals surface area contributed by atoms with E-state index < -0.39 is 0 Å². The molecule has 0 fully saturated rings. The first-order valence-corrected chi connectivity index (χ1v) is 7.83. The van der Waals surface area contributed by atoms with Crippen molar-refractivity contribution in [1.29, 1.82) is 0 Å². The largest absolute Gasteiger partial charge is 0.454 e. The summed E-state index contributed by atoms with van der Waals surface area (Å²) in [6, 6.07) is 12.1. The molecule has 0 spiro atoms. The second-order valence-corrected chi connectivity index (χ2v) is 5.62. The summed E-state index contributed by atoms with van der Waals surface area (Å²) in [6.07, 6.45) is 2.07. The van der Waals surface area contributed by atoms with E-state index in [0.29, 0.717) is 23.1 Å². The number of hydrogen-bond donors (Lipinski definition) is 1. The molecule has 20 heavy (non-hydrogen) atoms. The first-order valence-electron chi connectivity index (χ1n) is 6.23. The summed E-state index contributed by atoms with van der Waals surface area (Å²) < 4.78 is 10.7. The quantitative estimate of drug-likeness (QED) is 0.848. The average Bonchev–Trinajstić information content (AvgIpc) is 2.94. The van der Waals surface area contributed by atoms with E-state index in [4.69, 9.17) is 21.1 Å². The molecule has 1 aliphatic heterocycles. The summed E-state index contributed by atoms with van der Waals surface area (Å²) in [5.74, 6) is 1.35. The maximum absolute atomic E-state index is 6.18. The molecule has 1 N–H and O–H groups in total. The average molecular weight is 308 g/mol. The summed E-state index contributed by atoms with van der Waals surface area (Å²) in [6.45, 7) is 0.926. The zero-order valence-electron chi connectivity index (χ0n) is 11.0. The van der Waals surface area contributed by atoms with Crippen molar-refractivity contribution in [2.75, 3.05) is 18.4 Å². The molecule has 3 nitrogen and oxygen atoms in total. The van der Waals surface area contributed by atoms with E-state index in [0.717, 1.165) is 11.3 Å². The molecule has 0 unspecified atom stereocenters. The zero-order valence-corrected chi connectivity index (χ0v) is 12.6. The van der Waals surface area contributed by atoms with Gasteiger partial charge in [0, 0.05) is 17.1 Å². The molecule has 5 heteroatoms. The first kappa shape index (κ1) is 13.5. The van der Waals surface area contributed by atoms with Crippen LogP contribution >= 0.6 is 23.4 Å². The lowest BCUT2D eigenvalue weighted by molar-refractivity contribution is 0.174. The number of anilines is 1. The maximum atomic E-state index is 6.18. The Balaban J connectivity index is 1.77. The van der Waals surface area contributed by atoms with E-state index in [9.17, 15) is 0 Å². The number of fused-ring (bicyclic) bond motifs is 1. The van der Waals surface area contributed by atoms with Crippen LogP contribution in [0.25, 0.3) is 0 Å². The molecule has 2 aromatic carbocycles. The van der Waals surface area contributed by atoms with Crippen molar-refractivity contribution in [3.8, 4) is 11.5 Å². The van der Waals surface area contributed by atoms with Gasteiger partial charge in [-0.05, 0) is 36.1 Å². The number of halogens is 1. The summed E-state index contributed by atoms with van der Waals surface area (Å²) in [5, 5.41) is 4.02. The molecule has 104 valence electrons. The molecule has 0 aromatic heterocycles. The van der Waals surface area contributed by atoms with Gasteiger partial charge in [0.25, 0.3) is 0 Å². The Bertz CT molecular complexity index is 633. The van der Waals surface area contributed by atoms with Crippen LogP contribution in [0.2, 0.25) is 5.02 Å². The molecular weight excluding hydrogens is 294 g/mol. The van der Waals surface area contributed by atoms with E-state index in [1.54, 1.807) is 11.8 Å². The van der Waals surface area contributed by atoms with Gasteiger partial charge in [-0.25, -0.2) is 0 Å². The lowest BCUT2D eigenvalue weighted by Gasteiger charge is -2.11. The van der Waals surface area contributed by atoms with E-state index in [1.807, 2.05) is 24.3 Å². The van der Waals surface area contributed by atoms with E-state index >= 15 is 0 Å². The van der Waals surface area contributed by atoms with Gasteiger partial charge in [0.15, 0.2) is 11.5 Å². The van der Waals surface area contributed by atoms with Crippen molar-refractivity contribution in [3.05, 3.63) is 47.0 Å². The number of nitrogens with one attached hydrogen (secondary N) is 1. The number of ether oxygens (including phenoxy) is 2. The topological polar surface area (TPSA) is 30.5 Å². The SMILES string of the molecule is CSc1ccccc1NCc1cc(Cl)c2c(c1)OCO2. The molecule has 0 saturated heterocycles. The Kier molecular flexibility index (Phi) is 3.94. The molecule has 0 atom stereocenters. The lowest BCUT2D eigenvalue weighted by Crippen LogP contribution is -2.00. The highest BCUT2D eigenvalue weighted by atomic mass is 35.5. The van der Waals surface area contributed by atoms with Crippen LogP contribution in [0.1, 0.15) is 5.56 Å². The van der Waals surface area contributed by atoms with Crippen molar-refractivity contribution < 1.29 is 9.47 Å². The Morgan fingerprint density at radius 3 is 2.95 bits per heavy atom. The highest BCUT2D eigenvalue weighted by molar-refractivity contribution is 7.98. The van der Waals surface area contributed by atoms with Crippen LogP contribution in [0.15, 0.2) is 41.3 Å². The molecule has 2 aromatic rings. The third-order valence-electron chi connectivity index (χ3n) is 3.08. The third kappa shape index (κ3) is 2.67. The Morgan fingerprint density at radius 1 is 1.25 bits per heavy atom. The molecule has 0 amide bonds. The van der Waals surface area contributed by atoms with Crippen LogP contribution in [0.5, 0.6) is 11.5 Å². The van der Waals surface area contributed by atoms with Gasteiger partial charge in [0.2, 0.25) is 6.79 Å². The Hall–Kier alpha value is -1.52. The molecule has 1 heterocycles. The summed E-state index contributed by atoms with van der Waals surface area (Å²) in [4.78, 5) is 1.22. The normalized spacial score (nSPS) is 12.5. The van der Waals surface area contributed by atoms with Gasteiger partial charge in [-0.1, -0.05) is 23.7 Å². The van der Waals surface area contributed by atoms with E-state index in [1.165, 1.54) is 4.90 Å². The fourth-order valence-corrected chi connectivity index (χ4v) is 2.97. The highest BCUT2D eigenvalue weighted by Crippen LogP contribution is 2.40. The van der Waals surface area contributed by atoms with Gasteiger partial charge >= 0.3 is 0 Å². The van der Waals surface area contributed by atoms with Crippen molar-refractivity contribution >= 4 is 29.1 Å². The number of para-hydroxylation sites is 1. The fraction of sp³-hybridized carbons (Fsp3) is 0.200. The molecule has 1 aliphatic rings. The smallest absolute Gasteiger partial charge is 0.231 e. The van der Waals surface area contributed by atoms with Gasteiger partial charge in [-0.2, -0.15) is 0 Å². The molecule has 0 saturated carbocycles. The van der Waals surface area contributed by atoms with Gasteiger partial charge in [0.05, 0.1) is 5.02 Å². The predicted molar refractivity (Wildman–Crippen MR) is 83.1 cm³/mol. The van der Waals surface area contributed by atoms with Crippen LogP contribution < -0.4 is 14.8 Å². The Labute approximate surface area is 127 Å². The van der Waals surface area contributed by atoms with Crippen molar-refractivity contribution in [2.24, 2.45) is 0 Å². The van der Waals surface area contributed by atoms with E-state index in [2.05, 4.69) is 23.7 Å². The van der Waals surface area contributed by atoms with Crippen molar-refractivity contribution in [3.63, 3.8) is 0 Å². The summed E-state index contributed by atoms with van der Waals surface area (Å²) >= 11 is 7.90. The lowest BCUT2D eigenvalue weighted by atomic mass is 10.2. The number of thioether (sulfide) groups is 1. The van der Waals surface area contributed by atoms with Gasteiger partial charge in [-0.3, -0.25) is 0 Å². The molecule has 3 rings (SSSR count). The second kappa shape index (κ2) is 5.85. The standard InChI is InChI=1S/C15H14ClNO2S/c1-20-14-5-3-2-4-12(14)17-8-10-6-11(16)15-13(7-10)18-9-19-15/h2-7,17H,8-9H2,1H3. The number of rotatable bonds is 4. The Morgan fingerprint density at radius 2 is 2.10 bits per heavy atom. The van der Waals surface area contributed by atoms with Crippen LogP contribution in [-0.2, 0) is 6.54 Å². The van der Waals surface area contributed by atoms with Gasteiger partial charge in [0.1, 0.15) is 0 Å². The zero-order chi connectivity index (χ0) is 13.9. The monoisotopic (exact) mass is 307 g/mol. The third-order valence-corrected chi connectivity index (χ3v) is 4.15. The van der Waals surface area contributed by atoms with Crippen LogP contribution in [0, 0.1) is 0 Å². The van der Waals surface area contributed by atoms with Crippen LogP contribution in [0.3, 0.4) is 0 Å². The van der Waals surface area contributed by atoms with Crippen LogP contribution in [-0.4, -0.2) is 13.0 Å². The highest BCUT2D eigenvalue weighted by Gasteiger charge is 2.18. The molecule has 0 radical (unpaired) electrons. The minimum absolute atomic E-state index is 0.237. The van der Waals surface area contributed by atoms with Crippen molar-refractivity contribution in [2.45, 2.75) is 11.4 Å². The molecule has 0 bridgehead atoms. The van der Waals surface area contributed by atoms with Crippen LogP contribution in [0.4, 0.5) is 5.69 Å². The minimum Gasteiger partial charge on any atom is -0.454 e. The molecular formula is C15H14ClNO2S. The fourth-order valence-electron chi connectivity index (χ4n) is 2.11.